The number of amides is 2. The van der Waals surface area contributed by atoms with E-state index in [0.29, 0.717) is 43.8 Å². The molecule has 2 aromatic rings. The summed E-state index contributed by atoms with van der Waals surface area (Å²) in [5.41, 5.74) is -0.154. The van der Waals surface area contributed by atoms with Crippen molar-refractivity contribution in [2.75, 3.05) is 38.0 Å². The number of nitrogens with one attached hydrogen (secondary N) is 1. The number of aromatic nitrogens is 1. The number of aryl methyl sites for hydroxylation is 1. The molecule has 26 heavy (non-hydrogen) atoms. The zero-order valence-electron chi connectivity index (χ0n) is 14.2. The number of carbonyl (C=O) groups is 2. The molecule has 1 N–H and O–H groups in total. The second-order valence-electron chi connectivity index (χ2n) is 6.06. The molecule has 1 saturated heterocycles. The molecule has 1 fully saturated rings. The van der Waals surface area contributed by atoms with Gasteiger partial charge in [0.05, 0.1) is 12.1 Å². The molecule has 0 spiro atoms. The van der Waals surface area contributed by atoms with Crippen molar-refractivity contribution in [3.05, 3.63) is 47.2 Å². The minimum Gasteiger partial charge on any atom is -0.360 e. The first kappa shape index (κ1) is 18.0. The van der Waals surface area contributed by atoms with Crippen molar-refractivity contribution in [2.45, 2.75) is 6.92 Å². The summed E-state index contributed by atoms with van der Waals surface area (Å²) < 4.78 is 31.6. The van der Waals surface area contributed by atoms with E-state index in [1.54, 1.807) is 13.0 Å². The van der Waals surface area contributed by atoms with Crippen molar-refractivity contribution in [1.82, 2.24) is 15.0 Å². The molecular formula is C17H18F2N4O3. The monoisotopic (exact) mass is 364 g/mol. The Balaban J connectivity index is 1.50. The Labute approximate surface area is 148 Å². The van der Waals surface area contributed by atoms with Crippen molar-refractivity contribution >= 4 is 17.6 Å². The predicted molar refractivity (Wildman–Crippen MR) is 88.6 cm³/mol. The van der Waals surface area contributed by atoms with Gasteiger partial charge in [0.2, 0.25) is 5.91 Å². The summed E-state index contributed by atoms with van der Waals surface area (Å²) >= 11 is 0. The Morgan fingerprint density at radius 3 is 2.54 bits per heavy atom. The minimum atomic E-state index is -0.875. The van der Waals surface area contributed by atoms with Crippen LogP contribution in [0, 0.1) is 18.6 Å². The van der Waals surface area contributed by atoms with Crippen LogP contribution in [0.5, 0.6) is 0 Å². The molecule has 0 unspecified atom stereocenters. The lowest BCUT2D eigenvalue weighted by Gasteiger charge is -2.34. The second-order valence-corrected chi connectivity index (χ2v) is 6.06. The number of hydrogen-bond donors (Lipinski definition) is 1. The first-order valence-corrected chi connectivity index (χ1v) is 8.12. The highest BCUT2D eigenvalue weighted by Gasteiger charge is 2.25. The number of nitrogens with zero attached hydrogens (tertiary/aromatic N) is 3. The van der Waals surface area contributed by atoms with Crippen molar-refractivity contribution in [1.29, 1.82) is 0 Å². The molecule has 1 aromatic heterocycles. The van der Waals surface area contributed by atoms with Crippen LogP contribution < -0.4 is 5.32 Å². The van der Waals surface area contributed by atoms with E-state index in [0.717, 1.165) is 12.1 Å². The van der Waals surface area contributed by atoms with Crippen molar-refractivity contribution in [3.8, 4) is 0 Å². The smallest absolute Gasteiger partial charge is 0.256 e. The van der Waals surface area contributed by atoms with E-state index in [1.165, 1.54) is 4.90 Å². The number of carbonyl (C=O) groups excluding carboxylic acids is 2. The number of rotatable bonds is 4. The summed E-state index contributed by atoms with van der Waals surface area (Å²) in [6, 6.07) is 4.51. The molecule has 0 aliphatic carbocycles. The van der Waals surface area contributed by atoms with Crippen molar-refractivity contribution in [2.24, 2.45) is 0 Å². The van der Waals surface area contributed by atoms with E-state index in [2.05, 4.69) is 10.5 Å². The van der Waals surface area contributed by atoms with Gasteiger partial charge in [-0.15, -0.1) is 0 Å². The third-order valence-electron chi connectivity index (χ3n) is 4.08. The molecule has 3 rings (SSSR count). The topological polar surface area (TPSA) is 78.7 Å². The van der Waals surface area contributed by atoms with E-state index in [4.69, 9.17) is 4.52 Å². The molecule has 2 amide bonds. The fourth-order valence-corrected chi connectivity index (χ4v) is 2.75. The highest BCUT2D eigenvalue weighted by Crippen LogP contribution is 2.14. The van der Waals surface area contributed by atoms with E-state index >= 15 is 0 Å². The second kappa shape index (κ2) is 7.61. The lowest BCUT2D eigenvalue weighted by atomic mass is 10.1. The van der Waals surface area contributed by atoms with Gasteiger partial charge in [-0.3, -0.25) is 14.5 Å². The van der Waals surface area contributed by atoms with Crippen LogP contribution in [0.1, 0.15) is 16.1 Å². The molecule has 1 aliphatic rings. The number of hydrogen-bond acceptors (Lipinski definition) is 5. The van der Waals surface area contributed by atoms with Gasteiger partial charge in [0.15, 0.2) is 5.82 Å². The molecular weight excluding hydrogens is 346 g/mol. The molecule has 1 aliphatic heterocycles. The van der Waals surface area contributed by atoms with E-state index < -0.39 is 17.5 Å². The molecule has 0 atom stereocenters. The lowest BCUT2D eigenvalue weighted by Crippen LogP contribution is -2.50. The summed E-state index contributed by atoms with van der Waals surface area (Å²) in [6.07, 6.45) is 0. The van der Waals surface area contributed by atoms with Crippen LogP contribution in [-0.4, -0.2) is 59.5 Å². The van der Waals surface area contributed by atoms with Crippen LogP contribution in [0.15, 0.2) is 28.8 Å². The summed E-state index contributed by atoms with van der Waals surface area (Å²) in [5.74, 6) is -1.36. The third-order valence-corrected chi connectivity index (χ3v) is 4.08. The van der Waals surface area contributed by atoms with Crippen LogP contribution in [0.2, 0.25) is 0 Å². The average molecular weight is 364 g/mol. The normalized spacial score (nSPS) is 15.1. The quantitative estimate of drug-likeness (QED) is 0.893. The molecule has 2 heterocycles. The van der Waals surface area contributed by atoms with Crippen molar-refractivity contribution < 1.29 is 22.9 Å². The predicted octanol–water partition coefficient (Wildman–Crippen LogP) is 1.66. The van der Waals surface area contributed by atoms with Gasteiger partial charge in [-0.25, -0.2) is 8.78 Å². The van der Waals surface area contributed by atoms with Gasteiger partial charge in [0.25, 0.3) is 5.91 Å². The number of halogens is 2. The summed E-state index contributed by atoms with van der Waals surface area (Å²) in [5, 5.41) is 6.32. The SMILES string of the molecule is Cc1cc(NC(=O)CN2CCN(C(=O)c3ccc(F)cc3F)CC2)no1. The number of anilines is 1. The first-order chi connectivity index (χ1) is 12.4. The standard InChI is InChI=1S/C17H18F2N4O3/c1-11-8-15(21-26-11)20-16(24)10-22-4-6-23(7-5-22)17(25)13-3-2-12(18)9-14(13)19/h2-3,8-9H,4-7,10H2,1H3,(H,20,21,24). The van der Waals surface area contributed by atoms with Gasteiger partial charge in [0.1, 0.15) is 17.4 Å². The molecule has 138 valence electrons. The molecule has 0 saturated carbocycles. The fourth-order valence-electron chi connectivity index (χ4n) is 2.75. The van der Waals surface area contributed by atoms with Gasteiger partial charge in [-0.2, -0.15) is 0 Å². The maximum atomic E-state index is 13.7. The van der Waals surface area contributed by atoms with Crippen LogP contribution >= 0.6 is 0 Å². The minimum absolute atomic E-state index is 0.152. The maximum Gasteiger partial charge on any atom is 0.256 e. The molecule has 0 bridgehead atoms. The summed E-state index contributed by atoms with van der Waals surface area (Å²) in [4.78, 5) is 27.7. The first-order valence-electron chi connectivity index (χ1n) is 8.12. The Kier molecular flexibility index (Phi) is 5.27. The third kappa shape index (κ3) is 4.23. The zero-order valence-corrected chi connectivity index (χ0v) is 14.2. The highest BCUT2D eigenvalue weighted by molar-refractivity contribution is 5.94. The Morgan fingerprint density at radius 1 is 1.19 bits per heavy atom. The summed E-state index contributed by atoms with van der Waals surface area (Å²) in [6.45, 7) is 3.53. The summed E-state index contributed by atoms with van der Waals surface area (Å²) in [7, 11) is 0. The Bertz CT molecular complexity index is 816. The van der Waals surface area contributed by atoms with Crippen LogP contribution in [0.4, 0.5) is 14.6 Å². The van der Waals surface area contributed by atoms with E-state index in [9.17, 15) is 18.4 Å². The van der Waals surface area contributed by atoms with Gasteiger partial charge >= 0.3 is 0 Å². The molecule has 9 heteroatoms. The number of benzene rings is 1. The van der Waals surface area contributed by atoms with Crippen LogP contribution in [0.25, 0.3) is 0 Å². The average Bonchev–Trinajstić information content (AvgIpc) is 2.99. The maximum absolute atomic E-state index is 13.7. The van der Waals surface area contributed by atoms with Gasteiger partial charge in [-0.05, 0) is 19.1 Å². The largest absolute Gasteiger partial charge is 0.360 e. The Morgan fingerprint density at radius 2 is 1.92 bits per heavy atom. The zero-order chi connectivity index (χ0) is 18.7. The Hall–Kier alpha value is -2.81. The molecule has 1 aromatic carbocycles. The highest BCUT2D eigenvalue weighted by atomic mass is 19.1. The van der Waals surface area contributed by atoms with E-state index in [1.807, 2.05) is 4.90 Å². The van der Waals surface area contributed by atoms with Gasteiger partial charge in [-0.1, -0.05) is 5.16 Å². The van der Waals surface area contributed by atoms with Gasteiger partial charge in [0, 0.05) is 38.3 Å². The van der Waals surface area contributed by atoms with Crippen LogP contribution in [-0.2, 0) is 4.79 Å². The van der Waals surface area contributed by atoms with Crippen molar-refractivity contribution in [3.63, 3.8) is 0 Å². The van der Waals surface area contributed by atoms with E-state index in [-0.39, 0.29) is 18.0 Å². The fraction of sp³-hybridized carbons (Fsp3) is 0.353. The molecule has 7 nitrogen and oxygen atoms in total. The van der Waals surface area contributed by atoms with Crippen LogP contribution in [0.3, 0.4) is 0 Å². The lowest BCUT2D eigenvalue weighted by molar-refractivity contribution is -0.117. The van der Waals surface area contributed by atoms with Gasteiger partial charge < -0.3 is 14.7 Å². The number of piperazine rings is 1. The molecule has 0 radical (unpaired) electrons.